The van der Waals surface area contributed by atoms with Gasteiger partial charge in [0.25, 0.3) is 0 Å². The molecule has 0 heterocycles. The zero-order chi connectivity index (χ0) is 11.3. The lowest BCUT2D eigenvalue weighted by Crippen LogP contribution is -2.40. The third kappa shape index (κ3) is 3.75. The monoisotopic (exact) mass is 240 g/mol. The van der Waals surface area contributed by atoms with Crippen molar-refractivity contribution in [1.82, 2.24) is 5.32 Å². The van der Waals surface area contributed by atoms with Crippen LogP contribution in [0.5, 0.6) is 0 Å². The molecule has 4 heteroatoms. The molecule has 0 radical (unpaired) electrons. The zero-order valence-electron chi connectivity index (χ0n) is 8.75. The molecular weight excluding hydrogens is 228 g/mol. The molecule has 1 aromatic rings. The summed E-state index contributed by atoms with van der Waals surface area (Å²) < 4.78 is 0. The van der Waals surface area contributed by atoms with E-state index in [0.717, 1.165) is 9.92 Å². The van der Waals surface area contributed by atoms with Gasteiger partial charge in [0.15, 0.2) is 0 Å². The van der Waals surface area contributed by atoms with Gasteiger partial charge in [0.2, 0.25) is 0 Å². The number of nitriles is 1. The summed E-state index contributed by atoms with van der Waals surface area (Å²) in [5.74, 6) is 0.710. The summed E-state index contributed by atoms with van der Waals surface area (Å²) in [7, 11) is 1.80. The first-order valence-corrected chi connectivity index (χ1v) is 5.94. The minimum atomic E-state index is -0.482. The zero-order valence-corrected chi connectivity index (χ0v) is 10.3. The highest BCUT2D eigenvalue weighted by atomic mass is 35.5. The lowest BCUT2D eigenvalue weighted by atomic mass is 10.1. The average Bonchev–Trinajstić information content (AvgIpc) is 2.28. The summed E-state index contributed by atoms with van der Waals surface area (Å²) in [5.41, 5.74) is -0.482. The predicted octanol–water partition coefficient (Wildman–Crippen LogP) is 2.93. The molecule has 1 atom stereocenters. The highest BCUT2D eigenvalue weighted by molar-refractivity contribution is 7.99. The Morgan fingerprint density at radius 3 is 2.53 bits per heavy atom. The van der Waals surface area contributed by atoms with Crippen LogP contribution >= 0.6 is 23.4 Å². The molecule has 0 saturated carbocycles. The van der Waals surface area contributed by atoms with E-state index >= 15 is 0 Å². The van der Waals surface area contributed by atoms with E-state index in [0.29, 0.717) is 5.75 Å². The highest BCUT2D eigenvalue weighted by Gasteiger charge is 2.20. The summed E-state index contributed by atoms with van der Waals surface area (Å²) in [6, 6.07) is 9.88. The average molecular weight is 241 g/mol. The van der Waals surface area contributed by atoms with Crippen molar-refractivity contribution in [3.8, 4) is 6.07 Å². The molecule has 0 aliphatic heterocycles. The predicted molar refractivity (Wildman–Crippen MR) is 65.3 cm³/mol. The Hall–Kier alpha value is -0.690. The Kier molecular flexibility index (Phi) is 4.46. The highest BCUT2D eigenvalue weighted by Crippen LogP contribution is 2.23. The van der Waals surface area contributed by atoms with Crippen molar-refractivity contribution in [2.45, 2.75) is 17.4 Å². The van der Waals surface area contributed by atoms with Crippen LogP contribution in [0, 0.1) is 11.3 Å². The van der Waals surface area contributed by atoms with E-state index < -0.39 is 5.54 Å². The standard InChI is InChI=1S/C11H13ClN2S/c1-11(7-13,14-2)8-15-10-5-3-9(12)4-6-10/h3-6,14H,8H2,1-2H3. The molecule has 0 fully saturated rings. The molecule has 0 spiro atoms. The molecule has 0 amide bonds. The SMILES string of the molecule is CNC(C)(C#N)CSc1ccc(Cl)cc1. The van der Waals surface area contributed by atoms with Crippen LogP contribution in [0.2, 0.25) is 5.02 Å². The largest absolute Gasteiger partial charge is 0.302 e. The van der Waals surface area contributed by atoms with E-state index in [1.807, 2.05) is 31.2 Å². The second-order valence-corrected chi connectivity index (χ2v) is 4.92. The maximum atomic E-state index is 8.96. The summed E-state index contributed by atoms with van der Waals surface area (Å²) in [6.07, 6.45) is 0. The molecule has 1 rings (SSSR count). The van der Waals surface area contributed by atoms with E-state index in [1.165, 1.54) is 0 Å². The van der Waals surface area contributed by atoms with Crippen molar-refractivity contribution in [2.24, 2.45) is 0 Å². The second kappa shape index (κ2) is 5.41. The minimum absolute atomic E-state index is 0.482. The molecule has 1 aromatic carbocycles. The van der Waals surface area contributed by atoms with E-state index in [1.54, 1.807) is 18.8 Å². The number of thioether (sulfide) groups is 1. The van der Waals surface area contributed by atoms with Crippen LogP contribution in [0.25, 0.3) is 0 Å². The first kappa shape index (κ1) is 12.4. The number of halogens is 1. The maximum Gasteiger partial charge on any atom is 0.113 e. The molecule has 0 saturated heterocycles. The lowest BCUT2D eigenvalue weighted by Gasteiger charge is -2.19. The van der Waals surface area contributed by atoms with Gasteiger partial charge < -0.3 is 5.32 Å². The molecule has 80 valence electrons. The molecule has 2 nitrogen and oxygen atoms in total. The van der Waals surface area contributed by atoms with Gasteiger partial charge in [-0.15, -0.1) is 11.8 Å². The molecule has 0 aliphatic carbocycles. The Morgan fingerprint density at radius 1 is 1.47 bits per heavy atom. The van der Waals surface area contributed by atoms with Crippen LogP contribution in [0.3, 0.4) is 0 Å². The fourth-order valence-electron chi connectivity index (χ4n) is 0.919. The Balaban J connectivity index is 2.58. The normalized spacial score (nSPS) is 14.3. The van der Waals surface area contributed by atoms with Crippen LogP contribution in [-0.2, 0) is 0 Å². The molecule has 0 aromatic heterocycles. The summed E-state index contributed by atoms with van der Waals surface area (Å²) in [6.45, 7) is 1.88. The van der Waals surface area contributed by atoms with Crippen molar-refractivity contribution in [3.05, 3.63) is 29.3 Å². The van der Waals surface area contributed by atoms with Crippen molar-refractivity contribution >= 4 is 23.4 Å². The van der Waals surface area contributed by atoms with Gasteiger partial charge in [-0.2, -0.15) is 5.26 Å². The Morgan fingerprint density at radius 2 is 2.07 bits per heavy atom. The van der Waals surface area contributed by atoms with Crippen LogP contribution < -0.4 is 5.32 Å². The third-order valence-corrected chi connectivity index (χ3v) is 3.72. The molecular formula is C11H13ClN2S. The summed E-state index contributed by atoms with van der Waals surface area (Å²) >= 11 is 7.42. The molecule has 15 heavy (non-hydrogen) atoms. The number of nitrogens with one attached hydrogen (secondary N) is 1. The number of rotatable bonds is 4. The van der Waals surface area contributed by atoms with Gasteiger partial charge in [0.1, 0.15) is 5.54 Å². The van der Waals surface area contributed by atoms with Crippen LogP contribution in [0.4, 0.5) is 0 Å². The number of nitrogens with zero attached hydrogens (tertiary/aromatic N) is 1. The van der Waals surface area contributed by atoms with Crippen LogP contribution in [-0.4, -0.2) is 18.3 Å². The van der Waals surface area contributed by atoms with Gasteiger partial charge in [-0.05, 0) is 38.2 Å². The first-order chi connectivity index (χ1) is 7.09. The van der Waals surface area contributed by atoms with E-state index in [9.17, 15) is 0 Å². The Bertz CT molecular complexity index is 358. The lowest BCUT2D eigenvalue weighted by molar-refractivity contribution is 0.550. The quantitative estimate of drug-likeness (QED) is 0.822. The van der Waals surface area contributed by atoms with Gasteiger partial charge in [-0.1, -0.05) is 11.6 Å². The molecule has 0 aliphatic rings. The van der Waals surface area contributed by atoms with Crippen molar-refractivity contribution in [3.63, 3.8) is 0 Å². The van der Waals surface area contributed by atoms with Crippen LogP contribution in [0.15, 0.2) is 29.2 Å². The van der Waals surface area contributed by atoms with E-state index in [-0.39, 0.29) is 0 Å². The molecule has 1 N–H and O–H groups in total. The topological polar surface area (TPSA) is 35.8 Å². The smallest absolute Gasteiger partial charge is 0.113 e. The van der Waals surface area contributed by atoms with Gasteiger partial charge in [0, 0.05) is 15.7 Å². The van der Waals surface area contributed by atoms with Gasteiger partial charge in [0.05, 0.1) is 6.07 Å². The van der Waals surface area contributed by atoms with E-state index in [4.69, 9.17) is 16.9 Å². The molecule has 0 bridgehead atoms. The Labute approximate surface area is 99.6 Å². The summed E-state index contributed by atoms with van der Waals surface area (Å²) in [4.78, 5) is 1.12. The van der Waals surface area contributed by atoms with Gasteiger partial charge >= 0.3 is 0 Å². The maximum absolute atomic E-state index is 8.96. The molecule has 1 unspecified atom stereocenters. The summed E-state index contributed by atoms with van der Waals surface area (Å²) in [5, 5.41) is 12.7. The van der Waals surface area contributed by atoms with Crippen LogP contribution in [0.1, 0.15) is 6.92 Å². The van der Waals surface area contributed by atoms with E-state index in [2.05, 4.69) is 11.4 Å². The second-order valence-electron chi connectivity index (χ2n) is 3.44. The number of benzene rings is 1. The van der Waals surface area contributed by atoms with Crippen molar-refractivity contribution in [1.29, 1.82) is 5.26 Å². The van der Waals surface area contributed by atoms with Gasteiger partial charge in [-0.25, -0.2) is 0 Å². The fourth-order valence-corrected chi connectivity index (χ4v) is 2.04. The minimum Gasteiger partial charge on any atom is -0.302 e. The number of hydrogen-bond donors (Lipinski definition) is 1. The first-order valence-electron chi connectivity index (χ1n) is 4.58. The van der Waals surface area contributed by atoms with Crippen molar-refractivity contribution in [2.75, 3.05) is 12.8 Å². The fraction of sp³-hybridized carbons (Fsp3) is 0.364. The third-order valence-electron chi connectivity index (χ3n) is 2.14. The van der Waals surface area contributed by atoms with Crippen molar-refractivity contribution < 1.29 is 0 Å². The van der Waals surface area contributed by atoms with Gasteiger partial charge in [-0.3, -0.25) is 0 Å². The number of hydrogen-bond acceptors (Lipinski definition) is 3.